The number of hydrogen-bond donors (Lipinski definition) is 4. The van der Waals surface area contributed by atoms with Crippen LogP contribution in [0.3, 0.4) is 0 Å². The first-order valence-corrected chi connectivity index (χ1v) is 9.50. The number of phenolic OH excluding ortho intramolecular Hbond substituents is 1. The first-order valence-electron chi connectivity index (χ1n) is 8.68. The van der Waals surface area contributed by atoms with Gasteiger partial charge < -0.3 is 26.2 Å². The van der Waals surface area contributed by atoms with Crippen LogP contribution in [0, 0.1) is 13.8 Å². The van der Waals surface area contributed by atoms with Crippen molar-refractivity contribution in [1.82, 2.24) is 10.3 Å². The van der Waals surface area contributed by atoms with Gasteiger partial charge in [-0.3, -0.25) is 4.79 Å². The van der Waals surface area contributed by atoms with Crippen molar-refractivity contribution in [3.63, 3.8) is 0 Å². The summed E-state index contributed by atoms with van der Waals surface area (Å²) in [4.78, 5) is 21.3. The Morgan fingerprint density at radius 1 is 1.38 bits per heavy atom. The third-order valence-corrected chi connectivity index (χ3v) is 5.06. The van der Waals surface area contributed by atoms with Crippen LogP contribution in [0.1, 0.15) is 20.8 Å². The molecule has 29 heavy (non-hydrogen) atoms. The first-order chi connectivity index (χ1) is 13.9. The molecule has 0 radical (unpaired) electrons. The Balaban J connectivity index is 1.72. The summed E-state index contributed by atoms with van der Waals surface area (Å²) in [6, 6.07) is 3.34. The van der Waals surface area contributed by atoms with E-state index in [9.17, 15) is 9.90 Å². The maximum atomic E-state index is 12.6. The molecule has 8 nitrogen and oxygen atoms in total. The predicted molar refractivity (Wildman–Crippen MR) is 114 cm³/mol. The van der Waals surface area contributed by atoms with E-state index in [1.165, 1.54) is 6.20 Å². The molecule has 0 saturated carbocycles. The lowest BCUT2D eigenvalue weighted by Gasteiger charge is -2.11. The molecule has 0 fully saturated rings. The fourth-order valence-electron chi connectivity index (χ4n) is 2.57. The number of aliphatic imine (C=N–C) groups is 1. The molecule has 1 amide bonds. The topological polar surface area (TPSA) is 122 Å². The van der Waals surface area contributed by atoms with Crippen LogP contribution in [0.2, 0.25) is 0 Å². The number of amidine groups is 1. The second-order valence-corrected chi connectivity index (χ2v) is 7.24. The van der Waals surface area contributed by atoms with Gasteiger partial charge in [0, 0.05) is 23.5 Å². The van der Waals surface area contributed by atoms with E-state index in [2.05, 4.69) is 20.6 Å². The smallest absolute Gasteiger partial charge is 0.267 e. The zero-order chi connectivity index (χ0) is 21.0. The molecule has 5 N–H and O–H groups in total. The van der Waals surface area contributed by atoms with Crippen molar-refractivity contribution in [3.8, 4) is 5.75 Å². The number of carbonyl (C=O) groups is 1. The number of benzene rings is 1. The quantitative estimate of drug-likeness (QED) is 0.443. The van der Waals surface area contributed by atoms with Crippen LogP contribution < -0.4 is 16.4 Å². The van der Waals surface area contributed by atoms with E-state index < -0.39 is 0 Å². The molecule has 1 aromatic carbocycles. The third kappa shape index (κ3) is 4.82. The summed E-state index contributed by atoms with van der Waals surface area (Å²) in [5.74, 6) is 0.740. The number of anilines is 1. The van der Waals surface area contributed by atoms with E-state index in [-0.39, 0.29) is 17.5 Å². The highest BCUT2D eigenvalue weighted by molar-refractivity contribution is 7.17. The standard InChI is InChI=1S/C20H21N5O3S/c1-11-4-7-15(26)12(2)18(11)25-19(27)16-10-23-20(29-16)24-17(21)8-13-5-6-14(28-3)9-22-13/h4-10,22,26H,1-3H3,(H,25,27)(H2,21,23,24)/b13-8-. The highest BCUT2D eigenvalue weighted by Crippen LogP contribution is 2.29. The zero-order valence-electron chi connectivity index (χ0n) is 16.2. The van der Waals surface area contributed by atoms with Gasteiger partial charge in [0.1, 0.15) is 22.2 Å². The number of aryl methyl sites for hydroxylation is 1. The second kappa shape index (κ2) is 8.61. The number of phenols is 1. The van der Waals surface area contributed by atoms with Gasteiger partial charge in [-0.2, -0.15) is 0 Å². The molecule has 9 heteroatoms. The average molecular weight is 411 g/mol. The SMILES string of the molecule is COC1=CN/C(=C\C(N)=N/c2ncc(C(=O)Nc3c(C)ccc(O)c3C)s2)C=C1. The molecule has 3 rings (SSSR count). The van der Waals surface area contributed by atoms with Gasteiger partial charge in [0.05, 0.1) is 19.0 Å². The molecule has 0 spiro atoms. The van der Waals surface area contributed by atoms with Crippen molar-refractivity contribution in [2.45, 2.75) is 13.8 Å². The van der Waals surface area contributed by atoms with Crippen LogP contribution in [0.5, 0.6) is 5.75 Å². The number of nitrogens with zero attached hydrogens (tertiary/aromatic N) is 2. The number of methoxy groups -OCH3 is 1. The molecule has 1 aliphatic rings. The van der Waals surface area contributed by atoms with Crippen molar-refractivity contribution >= 4 is 33.9 Å². The van der Waals surface area contributed by atoms with E-state index in [4.69, 9.17) is 10.5 Å². The Morgan fingerprint density at radius 3 is 2.86 bits per heavy atom. The number of rotatable bonds is 5. The molecule has 0 unspecified atom stereocenters. The number of dihydropyridines is 1. The molecule has 2 heterocycles. The Kier molecular flexibility index (Phi) is 5.99. The summed E-state index contributed by atoms with van der Waals surface area (Å²) < 4.78 is 5.09. The maximum Gasteiger partial charge on any atom is 0.267 e. The van der Waals surface area contributed by atoms with Crippen LogP contribution in [-0.4, -0.2) is 28.9 Å². The normalized spacial score (nSPS) is 15.1. The van der Waals surface area contributed by atoms with Gasteiger partial charge in [-0.15, -0.1) is 0 Å². The van der Waals surface area contributed by atoms with Crippen molar-refractivity contribution in [2.24, 2.45) is 10.7 Å². The van der Waals surface area contributed by atoms with Gasteiger partial charge in [-0.05, 0) is 37.6 Å². The predicted octanol–water partition coefficient (Wildman–Crippen LogP) is 3.24. The summed E-state index contributed by atoms with van der Waals surface area (Å²) >= 11 is 1.12. The van der Waals surface area contributed by atoms with Crippen molar-refractivity contribution < 1.29 is 14.6 Å². The number of aromatic nitrogens is 1. The molecular weight excluding hydrogens is 390 g/mol. The van der Waals surface area contributed by atoms with E-state index in [0.717, 1.165) is 22.6 Å². The van der Waals surface area contributed by atoms with Gasteiger partial charge >= 0.3 is 0 Å². The summed E-state index contributed by atoms with van der Waals surface area (Å²) in [6.07, 6.45) is 8.41. The summed E-state index contributed by atoms with van der Waals surface area (Å²) in [6.45, 7) is 3.60. The number of aromatic hydroxyl groups is 1. The molecule has 0 saturated heterocycles. The van der Waals surface area contributed by atoms with E-state index in [1.807, 2.05) is 13.0 Å². The minimum absolute atomic E-state index is 0.124. The minimum atomic E-state index is -0.327. The molecule has 1 aliphatic heterocycles. The molecule has 0 bridgehead atoms. The highest BCUT2D eigenvalue weighted by atomic mass is 32.1. The largest absolute Gasteiger partial charge is 0.508 e. The summed E-state index contributed by atoms with van der Waals surface area (Å²) in [5.41, 5.74) is 8.74. The zero-order valence-corrected chi connectivity index (χ0v) is 17.0. The van der Waals surface area contributed by atoms with Crippen molar-refractivity contribution in [2.75, 3.05) is 12.4 Å². The van der Waals surface area contributed by atoms with Crippen molar-refractivity contribution in [1.29, 1.82) is 0 Å². The number of nitrogens with one attached hydrogen (secondary N) is 2. The van der Waals surface area contributed by atoms with Gasteiger partial charge in [-0.25, -0.2) is 9.98 Å². The first kappa shape index (κ1) is 20.2. The van der Waals surface area contributed by atoms with E-state index >= 15 is 0 Å². The number of thiazole rings is 1. The van der Waals surface area contributed by atoms with Gasteiger partial charge in [0.2, 0.25) is 5.13 Å². The third-order valence-electron chi connectivity index (χ3n) is 4.17. The maximum absolute atomic E-state index is 12.6. The Hall–Kier alpha value is -3.59. The van der Waals surface area contributed by atoms with Crippen LogP contribution in [0.15, 0.2) is 59.2 Å². The average Bonchev–Trinajstić information content (AvgIpc) is 3.17. The molecule has 0 aliphatic carbocycles. The number of allylic oxidation sites excluding steroid dienone is 2. The van der Waals surface area contributed by atoms with Crippen LogP contribution in [0.25, 0.3) is 0 Å². The van der Waals surface area contributed by atoms with Gasteiger partial charge in [-0.1, -0.05) is 17.4 Å². The van der Waals surface area contributed by atoms with E-state index in [1.54, 1.807) is 44.5 Å². The lowest BCUT2D eigenvalue weighted by Crippen LogP contribution is -2.14. The number of ether oxygens (including phenoxy) is 1. The Bertz CT molecular complexity index is 1070. The van der Waals surface area contributed by atoms with Crippen LogP contribution in [-0.2, 0) is 4.74 Å². The highest BCUT2D eigenvalue weighted by Gasteiger charge is 2.15. The van der Waals surface area contributed by atoms with Crippen molar-refractivity contribution in [3.05, 3.63) is 70.2 Å². The Morgan fingerprint density at radius 2 is 2.17 bits per heavy atom. The van der Waals surface area contributed by atoms with E-state index in [0.29, 0.717) is 27.0 Å². The van der Waals surface area contributed by atoms with Gasteiger partial charge in [0.25, 0.3) is 5.91 Å². The monoisotopic (exact) mass is 411 g/mol. The number of hydrogen-bond acceptors (Lipinski definition) is 7. The lowest BCUT2D eigenvalue weighted by atomic mass is 10.1. The number of carbonyl (C=O) groups excluding carboxylic acids is 1. The lowest BCUT2D eigenvalue weighted by molar-refractivity contribution is 0.103. The minimum Gasteiger partial charge on any atom is -0.508 e. The number of amides is 1. The fourth-order valence-corrected chi connectivity index (χ4v) is 3.27. The van der Waals surface area contributed by atoms with Gasteiger partial charge in [0.15, 0.2) is 0 Å². The van der Waals surface area contributed by atoms with Crippen LogP contribution in [0.4, 0.5) is 10.8 Å². The molecular formula is C20H21N5O3S. The van der Waals surface area contributed by atoms with Crippen LogP contribution >= 0.6 is 11.3 Å². The fraction of sp³-hybridized carbons (Fsp3) is 0.150. The second-order valence-electron chi connectivity index (χ2n) is 6.23. The Labute approximate surface area is 172 Å². The summed E-state index contributed by atoms with van der Waals surface area (Å²) in [7, 11) is 1.59. The molecule has 1 aromatic heterocycles. The molecule has 2 aromatic rings. The molecule has 0 atom stereocenters. The number of nitrogens with two attached hydrogens (primary N) is 1. The summed E-state index contributed by atoms with van der Waals surface area (Å²) in [5, 5.41) is 16.1. The molecule has 150 valence electrons.